The van der Waals surface area contributed by atoms with Crippen molar-refractivity contribution in [3.63, 3.8) is 0 Å². The molecule has 3 heteroatoms. The van der Waals surface area contributed by atoms with E-state index in [1.54, 1.807) is 12.1 Å². The minimum absolute atomic E-state index is 0.0979. The summed E-state index contributed by atoms with van der Waals surface area (Å²) in [6.07, 6.45) is -0.0979. The lowest BCUT2D eigenvalue weighted by atomic mass is 9.97. The minimum atomic E-state index is -2.32. The van der Waals surface area contributed by atoms with E-state index in [0.717, 1.165) is 0 Å². The van der Waals surface area contributed by atoms with Crippen LogP contribution in [0.2, 0.25) is 0 Å². The van der Waals surface area contributed by atoms with Crippen LogP contribution in [0.3, 0.4) is 0 Å². The molecule has 0 saturated heterocycles. The zero-order valence-electron chi connectivity index (χ0n) is 7.71. The van der Waals surface area contributed by atoms with Crippen molar-refractivity contribution in [2.75, 3.05) is 0 Å². The highest BCUT2D eigenvalue weighted by Crippen LogP contribution is 2.35. The first-order valence-electron chi connectivity index (χ1n) is 4.49. The maximum Gasteiger partial charge on any atom is 0.235 e. The highest BCUT2D eigenvalue weighted by Gasteiger charge is 2.52. The molecule has 0 heterocycles. The number of hydrogen-bond acceptors (Lipinski definition) is 2. The molecule has 0 spiro atoms. The molecule has 2 rings (SSSR count). The van der Waals surface area contributed by atoms with Gasteiger partial charge in [-0.1, -0.05) is 31.2 Å². The van der Waals surface area contributed by atoms with Gasteiger partial charge in [-0.15, -0.1) is 0 Å². The van der Waals surface area contributed by atoms with E-state index in [4.69, 9.17) is 0 Å². The Labute approximate surface area is 80.7 Å². The quantitative estimate of drug-likeness (QED) is 0.639. The summed E-state index contributed by atoms with van der Waals surface area (Å²) in [7, 11) is 0. The van der Waals surface area contributed by atoms with Gasteiger partial charge in [-0.05, 0) is 6.42 Å². The van der Waals surface area contributed by atoms with Crippen molar-refractivity contribution < 1.29 is 14.0 Å². The molecular formula is C11H9FO2. The molecule has 0 unspecified atom stereocenters. The average Bonchev–Trinajstić information content (AvgIpc) is 2.43. The molecule has 0 fully saturated rings. The maximum atomic E-state index is 13.9. The number of fused-ring (bicyclic) bond motifs is 1. The summed E-state index contributed by atoms with van der Waals surface area (Å²) in [6.45, 7) is 1.50. The van der Waals surface area contributed by atoms with E-state index in [2.05, 4.69) is 0 Å². The van der Waals surface area contributed by atoms with Gasteiger partial charge in [0.15, 0.2) is 0 Å². The SMILES string of the molecule is CCC1(F)C(=O)c2ccccc2C1=O. The first-order valence-corrected chi connectivity index (χ1v) is 4.49. The van der Waals surface area contributed by atoms with Gasteiger partial charge in [-0.3, -0.25) is 9.59 Å². The molecule has 1 aliphatic carbocycles. The van der Waals surface area contributed by atoms with E-state index in [1.807, 2.05) is 0 Å². The predicted molar refractivity (Wildman–Crippen MR) is 49.2 cm³/mol. The molecule has 0 atom stereocenters. The summed E-state index contributed by atoms with van der Waals surface area (Å²) < 4.78 is 13.9. The van der Waals surface area contributed by atoms with Crippen molar-refractivity contribution in [2.45, 2.75) is 19.0 Å². The fraction of sp³-hybridized carbons (Fsp3) is 0.273. The molecule has 2 nitrogen and oxygen atoms in total. The van der Waals surface area contributed by atoms with Crippen LogP contribution < -0.4 is 0 Å². The number of benzene rings is 1. The van der Waals surface area contributed by atoms with Crippen LogP contribution >= 0.6 is 0 Å². The van der Waals surface area contributed by atoms with Crippen molar-refractivity contribution in [3.8, 4) is 0 Å². The fourth-order valence-corrected chi connectivity index (χ4v) is 1.73. The third-order valence-corrected chi connectivity index (χ3v) is 2.62. The molecule has 1 aromatic rings. The van der Waals surface area contributed by atoms with Gasteiger partial charge in [0.25, 0.3) is 0 Å². The lowest BCUT2D eigenvalue weighted by Gasteiger charge is -2.11. The average molecular weight is 192 g/mol. The Morgan fingerprint density at radius 2 is 1.57 bits per heavy atom. The van der Waals surface area contributed by atoms with Gasteiger partial charge in [0.1, 0.15) is 0 Å². The lowest BCUT2D eigenvalue weighted by molar-refractivity contribution is 0.0595. The number of halogens is 1. The molecule has 0 N–H and O–H groups in total. The van der Waals surface area contributed by atoms with Gasteiger partial charge < -0.3 is 0 Å². The topological polar surface area (TPSA) is 34.1 Å². The zero-order chi connectivity index (χ0) is 10.3. The molecule has 0 aliphatic heterocycles. The number of ketones is 2. The molecule has 1 aromatic carbocycles. The number of alkyl halides is 1. The Morgan fingerprint density at radius 3 is 1.93 bits per heavy atom. The molecule has 0 aromatic heterocycles. The van der Waals surface area contributed by atoms with Gasteiger partial charge >= 0.3 is 0 Å². The van der Waals surface area contributed by atoms with Gasteiger partial charge in [-0.2, -0.15) is 0 Å². The van der Waals surface area contributed by atoms with Gasteiger partial charge in [0.05, 0.1) is 0 Å². The van der Waals surface area contributed by atoms with E-state index < -0.39 is 17.2 Å². The van der Waals surface area contributed by atoms with Crippen LogP contribution in [0.25, 0.3) is 0 Å². The molecule has 0 bridgehead atoms. The largest absolute Gasteiger partial charge is 0.290 e. The molecule has 0 radical (unpaired) electrons. The van der Waals surface area contributed by atoms with E-state index >= 15 is 0 Å². The van der Waals surface area contributed by atoms with Crippen LogP contribution in [0, 0.1) is 0 Å². The molecule has 0 amide bonds. The number of hydrogen-bond donors (Lipinski definition) is 0. The van der Waals surface area contributed by atoms with E-state index in [0.29, 0.717) is 0 Å². The molecule has 1 aliphatic rings. The highest BCUT2D eigenvalue weighted by atomic mass is 19.1. The van der Waals surface area contributed by atoms with Crippen LogP contribution in [0.5, 0.6) is 0 Å². The maximum absolute atomic E-state index is 13.9. The predicted octanol–water partition coefficient (Wildman–Crippen LogP) is 2.18. The van der Waals surface area contributed by atoms with Crippen LogP contribution in [0.1, 0.15) is 34.1 Å². The Kier molecular flexibility index (Phi) is 1.77. The Morgan fingerprint density at radius 1 is 1.14 bits per heavy atom. The normalized spacial score (nSPS) is 18.4. The molecule has 14 heavy (non-hydrogen) atoms. The second-order valence-corrected chi connectivity index (χ2v) is 3.36. The molecule has 0 saturated carbocycles. The summed E-state index contributed by atoms with van der Waals surface area (Å²) in [6, 6.07) is 6.25. The zero-order valence-corrected chi connectivity index (χ0v) is 7.71. The first kappa shape index (κ1) is 9.06. The fourth-order valence-electron chi connectivity index (χ4n) is 1.73. The van der Waals surface area contributed by atoms with Crippen LogP contribution in [0.15, 0.2) is 24.3 Å². The van der Waals surface area contributed by atoms with Crippen LogP contribution in [-0.4, -0.2) is 17.2 Å². The van der Waals surface area contributed by atoms with Crippen LogP contribution in [-0.2, 0) is 0 Å². The van der Waals surface area contributed by atoms with E-state index in [1.165, 1.54) is 19.1 Å². The number of carbonyl (C=O) groups is 2. The third-order valence-electron chi connectivity index (χ3n) is 2.62. The number of carbonyl (C=O) groups excluding carboxylic acids is 2. The summed E-state index contributed by atoms with van der Waals surface area (Å²) in [5.41, 5.74) is -1.90. The van der Waals surface area contributed by atoms with Gasteiger partial charge in [-0.25, -0.2) is 4.39 Å². The lowest BCUT2D eigenvalue weighted by Crippen LogP contribution is -2.35. The van der Waals surface area contributed by atoms with E-state index in [-0.39, 0.29) is 17.5 Å². The standard InChI is InChI=1S/C11H9FO2/c1-2-11(12)9(13)7-5-3-4-6-8(7)10(11)14/h3-6H,2H2,1H3. The minimum Gasteiger partial charge on any atom is -0.290 e. The summed E-state index contributed by atoms with van der Waals surface area (Å²) in [5, 5.41) is 0. The molecular weight excluding hydrogens is 183 g/mol. The number of rotatable bonds is 1. The van der Waals surface area contributed by atoms with Crippen molar-refractivity contribution in [3.05, 3.63) is 35.4 Å². The van der Waals surface area contributed by atoms with Gasteiger partial charge in [0, 0.05) is 11.1 Å². The monoisotopic (exact) mass is 192 g/mol. The van der Waals surface area contributed by atoms with Crippen molar-refractivity contribution >= 4 is 11.6 Å². The first-order chi connectivity index (χ1) is 6.61. The van der Waals surface area contributed by atoms with Crippen molar-refractivity contribution in [1.29, 1.82) is 0 Å². The van der Waals surface area contributed by atoms with Crippen LogP contribution in [0.4, 0.5) is 4.39 Å². The molecule has 72 valence electrons. The van der Waals surface area contributed by atoms with Gasteiger partial charge in [0.2, 0.25) is 17.2 Å². The Hall–Kier alpha value is -1.51. The third kappa shape index (κ3) is 0.895. The summed E-state index contributed by atoms with van der Waals surface area (Å²) in [5.74, 6) is -1.39. The smallest absolute Gasteiger partial charge is 0.235 e. The Bertz CT molecular complexity index is 388. The second-order valence-electron chi connectivity index (χ2n) is 3.36. The summed E-state index contributed by atoms with van der Waals surface area (Å²) >= 11 is 0. The number of Topliss-reactive ketones (excluding diaryl/α,β-unsaturated/α-hetero) is 2. The Balaban J connectivity index is 2.65. The van der Waals surface area contributed by atoms with Crippen molar-refractivity contribution in [2.24, 2.45) is 0 Å². The summed E-state index contributed by atoms with van der Waals surface area (Å²) in [4.78, 5) is 23.1. The second kappa shape index (κ2) is 2.74. The highest BCUT2D eigenvalue weighted by molar-refractivity contribution is 6.31. The van der Waals surface area contributed by atoms with Crippen molar-refractivity contribution in [1.82, 2.24) is 0 Å². The van der Waals surface area contributed by atoms with E-state index in [9.17, 15) is 14.0 Å².